The summed E-state index contributed by atoms with van der Waals surface area (Å²) >= 11 is 0. The number of hydrogen-bond donors (Lipinski definition) is 1. The van der Waals surface area contributed by atoms with Crippen molar-refractivity contribution >= 4 is 23.2 Å². The maximum atomic E-state index is 13.0. The standard InChI is InChI=1S/C27H28N2O4/c1-4-32-23-12-9-20(10-13-23)15-26(30)28-22-11-14-25-24(16-22)29(27(31)19(3)33-25)17-21-8-6-5-7-18(21)2/h5-14,16,19H,4,15,17H2,1-3H3,(H,28,30). The first-order valence-corrected chi connectivity index (χ1v) is 11.1. The number of anilines is 2. The van der Waals surface area contributed by atoms with Gasteiger partial charge in [0.05, 0.1) is 25.3 Å². The molecule has 1 aliphatic heterocycles. The first-order valence-electron chi connectivity index (χ1n) is 11.1. The van der Waals surface area contributed by atoms with Crippen LogP contribution in [0, 0.1) is 6.92 Å². The second kappa shape index (κ2) is 9.77. The summed E-state index contributed by atoms with van der Waals surface area (Å²) in [6.45, 7) is 6.76. The van der Waals surface area contributed by atoms with E-state index in [1.54, 1.807) is 30.0 Å². The highest BCUT2D eigenvalue weighted by Crippen LogP contribution is 2.37. The topological polar surface area (TPSA) is 67.9 Å². The van der Waals surface area contributed by atoms with Crippen molar-refractivity contribution in [3.63, 3.8) is 0 Å². The highest BCUT2D eigenvalue weighted by atomic mass is 16.5. The Morgan fingerprint density at radius 1 is 1.09 bits per heavy atom. The predicted molar refractivity (Wildman–Crippen MR) is 129 cm³/mol. The van der Waals surface area contributed by atoms with Gasteiger partial charge in [0.15, 0.2) is 6.10 Å². The maximum Gasteiger partial charge on any atom is 0.268 e. The molecule has 1 atom stereocenters. The minimum Gasteiger partial charge on any atom is -0.494 e. The van der Waals surface area contributed by atoms with Gasteiger partial charge in [-0.05, 0) is 67.8 Å². The van der Waals surface area contributed by atoms with Crippen LogP contribution in [0.1, 0.15) is 30.5 Å². The van der Waals surface area contributed by atoms with Crippen LogP contribution in [0.15, 0.2) is 66.7 Å². The van der Waals surface area contributed by atoms with Crippen LogP contribution in [0.4, 0.5) is 11.4 Å². The fraction of sp³-hybridized carbons (Fsp3) is 0.259. The lowest BCUT2D eigenvalue weighted by molar-refractivity contribution is -0.125. The van der Waals surface area contributed by atoms with Gasteiger partial charge in [-0.2, -0.15) is 0 Å². The molecule has 6 nitrogen and oxygen atoms in total. The summed E-state index contributed by atoms with van der Waals surface area (Å²) in [7, 11) is 0. The fourth-order valence-corrected chi connectivity index (χ4v) is 3.87. The lowest BCUT2D eigenvalue weighted by Crippen LogP contribution is -2.44. The van der Waals surface area contributed by atoms with E-state index in [9.17, 15) is 9.59 Å². The normalized spacial score (nSPS) is 14.9. The van der Waals surface area contributed by atoms with Crippen LogP contribution >= 0.6 is 0 Å². The molecule has 1 N–H and O–H groups in total. The molecule has 0 saturated heterocycles. The van der Waals surface area contributed by atoms with Crippen molar-refractivity contribution in [3.05, 3.63) is 83.4 Å². The van der Waals surface area contributed by atoms with Gasteiger partial charge in [-0.3, -0.25) is 9.59 Å². The number of aryl methyl sites for hydroxylation is 1. The average molecular weight is 445 g/mol. The Kier molecular flexibility index (Phi) is 6.63. The van der Waals surface area contributed by atoms with E-state index >= 15 is 0 Å². The van der Waals surface area contributed by atoms with E-state index in [1.807, 2.05) is 62.4 Å². The molecule has 0 aliphatic carbocycles. The third-order valence-corrected chi connectivity index (χ3v) is 5.64. The average Bonchev–Trinajstić information content (AvgIpc) is 2.80. The number of carbonyl (C=O) groups excluding carboxylic acids is 2. The van der Waals surface area contributed by atoms with Gasteiger partial charge in [-0.1, -0.05) is 36.4 Å². The highest BCUT2D eigenvalue weighted by molar-refractivity contribution is 6.01. The zero-order valence-electron chi connectivity index (χ0n) is 19.1. The molecule has 170 valence electrons. The third kappa shape index (κ3) is 5.17. The molecule has 2 amide bonds. The molecule has 3 aromatic carbocycles. The Bertz CT molecular complexity index is 1160. The number of rotatable bonds is 7. The van der Waals surface area contributed by atoms with Crippen LogP contribution in [0.3, 0.4) is 0 Å². The van der Waals surface area contributed by atoms with Crippen LogP contribution in [0.25, 0.3) is 0 Å². The number of fused-ring (bicyclic) bond motifs is 1. The largest absolute Gasteiger partial charge is 0.494 e. The van der Waals surface area contributed by atoms with Gasteiger partial charge >= 0.3 is 0 Å². The molecule has 0 aromatic heterocycles. The van der Waals surface area contributed by atoms with Gasteiger partial charge in [0, 0.05) is 5.69 Å². The summed E-state index contributed by atoms with van der Waals surface area (Å²) in [4.78, 5) is 27.3. The molecular formula is C27H28N2O4. The fourth-order valence-electron chi connectivity index (χ4n) is 3.87. The molecule has 0 saturated carbocycles. The molecule has 1 aliphatic rings. The van der Waals surface area contributed by atoms with Gasteiger partial charge < -0.3 is 19.7 Å². The summed E-state index contributed by atoms with van der Waals surface area (Å²) in [5, 5.41) is 2.94. The summed E-state index contributed by atoms with van der Waals surface area (Å²) in [6, 6.07) is 20.9. The smallest absolute Gasteiger partial charge is 0.268 e. The molecule has 3 aromatic rings. The number of nitrogens with one attached hydrogen (secondary N) is 1. The highest BCUT2D eigenvalue weighted by Gasteiger charge is 2.32. The number of hydrogen-bond acceptors (Lipinski definition) is 4. The number of benzene rings is 3. The van der Waals surface area contributed by atoms with Crippen molar-refractivity contribution in [1.29, 1.82) is 0 Å². The molecule has 6 heteroatoms. The zero-order chi connectivity index (χ0) is 23.4. The molecule has 0 bridgehead atoms. The van der Waals surface area contributed by atoms with Crippen LogP contribution in [-0.4, -0.2) is 24.5 Å². The van der Waals surface area contributed by atoms with E-state index in [0.29, 0.717) is 30.3 Å². The zero-order valence-corrected chi connectivity index (χ0v) is 19.1. The van der Waals surface area contributed by atoms with Crippen molar-refractivity contribution in [2.75, 3.05) is 16.8 Å². The molecular weight excluding hydrogens is 416 g/mol. The minimum absolute atomic E-state index is 0.108. The second-order valence-corrected chi connectivity index (χ2v) is 8.10. The van der Waals surface area contributed by atoms with Crippen LogP contribution < -0.4 is 19.7 Å². The van der Waals surface area contributed by atoms with E-state index in [1.165, 1.54) is 0 Å². The number of nitrogens with zero attached hydrogens (tertiary/aromatic N) is 1. The van der Waals surface area contributed by atoms with E-state index in [-0.39, 0.29) is 18.2 Å². The van der Waals surface area contributed by atoms with E-state index < -0.39 is 6.10 Å². The number of ether oxygens (including phenoxy) is 2. The molecule has 1 unspecified atom stereocenters. The molecule has 0 fully saturated rings. The van der Waals surface area contributed by atoms with Gasteiger partial charge in [0.25, 0.3) is 5.91 Å². The van der Waals surface area contributed by atoms with E-state index in [2.05, 4.69) is 5.32 Å². The number of carbonyl (C=O) groups is 2. The lowest BCUT2D eigenvalue weighted by Gasteiger charge is -2.33. The van der Waals surface area contributed by atoms with Gasteiger partial charge in [0.1, 0.15) is 11.5 Å². The Morgan fingerprint density at radius 3 is 2.58 bits per heavy atom. The Hall–Kier alpha value is -3.80. The first-order chi connectivity index (χ1) is 15.9. The van der Waals surface area contributed by atoms with E-state index in [4.69, 9.17) is 9.47 Å². The predicted octanol–water partition coefficient (Wildman–Crippen LogP) is 4.89. The quantitative estimate of drug-likeness (QED) is 0.564. The summed E-state index contributed by atoms with van der Waals surface area (Å²) in [5.74, 6) is 1.16. The van der Waals surface area contributed by atoms with Crippen molar-refractivity contribution in [2.45, 2.75) is 39.8 Å². The lowest BCUT2D eigenvalue weighted by atomic mass is 10.1. The van der Waals surface area contributed by atoms with Crippen LogP contribution in [0.2, 0.25) is 0 Å². The molecule has 33 heavy (non-hydrogen) atoms. The van der Waals surface area contributed by atoms with Gasteiger partial charge in [-0.25, -0.2) is 0 Å². The summed E-state index contributed by atoms with van der Waals surface area (Å²) < 4.78 is 11.3. The first kappa shape index (κ1) is 22.4. The van der Waals surface area contributed by atoms with Gasteiger partial charge in [-0.15, -0.1) is 0 Å². The molecule has 4 rings (SSSR count). The summed E-state index contributed by atoms with van der Waals surface area (Å²) in [5.41, 5.74) is 4.34. The Morgan fingerprint density at radius 2 is 1.85 bits per heavy atom. The maximum absolute atomic E-state index is 13.0. The third-order valence-electron chi connectivity index (χ3n) is 5.64. The summed E-state index contributed by atoms with van der Waals surface area (Å²) in [6.07, 6.45) is -0.329. The van der Waals surface area contributed by atoms with Crippen LogP contribution in [-0.2, 0) is 22.6 Å². The minimum atomic E-state index is -0.568. The van der Waals surface area contributed by atoms with Crippen LogP contribution in [0.5, 0.6) is 11.5 Å². The second-order valence-electron chi connectivity index (χ2n) is 8.10. The van der Waals surface area contributed by atoms with E-state index in [0.717, 1.165) is 22.4 Å². The van der Waals surface area contributed by atoms with Crippen molar-refractivity contribution in [1.82, 2.24) is 0 Å². The Balaban J connectivity index is 1.52. The number of amides is 2. The SMILES string of the molecule is CCOc1ccc(CC(=O)Nc2ccc3c(c2)N(Cc2ccccc2C)C(=O)C(C)O3)cc1. The van der Waals surface area contributed by atoms with Gasteiger partial charge in [0.2, 0.25) is 5.91 Å². The Labute approximate surface area is 194 Å². The van der Waals surface area contributed by atoms with Crippen molar-refractivity contribution in [2.24, 2.45) is 0 Å². The monoisotopic (exact) mass is 444 g/mol. The molecule has 1 heterocycles. The van der Waals surface area contributed by atoms with Crippen molar-refractivity contribution in [3.8, 4) is 11.5 Å². The molecule has 0 spiro atoms. The molecule has 0 radical (unpaired) electrons. The van der Waals surface area contributed by atoms with Crippen molar-refractivity contribution < 1.29 is 19.1 Å².